The standard InChI is InChI=1S/C32H40O10/c1-16-21(35)14-32(38)27(41-28(37)20-11-9-8-10-12-20)25-30(7,26(36)17(2)24(16)29(32,5)6)22(40-18(3)33)13-23-31(25,15-39-23)42-19(4)34/h8-12,17,21-23,25,27,35,38H,13-15H2,1-7H3/t17-,21+,22+,23-,25?,27?,30-,31+,32-/m1/s1. The van der Waals surface area contributed by atoms with Crippen LogP contribution in [0.5, 0.6) is 0 Å². The van der Waals surface area contributed by atoms with Gasteiger partial charge in [-0.1, -0.05) is 39.0 Å². The first-order chi connectivity index (χ1) is 19.5. The molecular weight excluding hydrogens is 544 g/mol. The minimum absolute atomic E-state index is 0.0557. The van der Waals surface area contributed by atoms with E-state index in [1.54, 1.807) is 65.0 Å². The van der Waals surface area contributed by atoms with Crippen molar-refractivity contribution in [3.8, 4) is 0 Å². The molecular formula is C32H40O10. The fraction of sp³-hybridized carbons (Fsp3) is 0.625. The summed E-state index contributed by atoms with van der Waals surface area (Å²) in [6.45, 7) is 11.0. The molecule has 2 saturated carbocycles. The Morgan fingerprint density at radius 3 is 2.21 bits per heavy atom. The second kappa shape index (κ2) is 9.99. The summed E-state index contributed by atoms with van der Waals surface area (Å²) in [7, 11) is 0. The van der Waals surface area contributed by atoms with Crippen LogP contribution in [0.4, 0.5) is 0 Å². The van der Waals surface area contributed by atoms with Crippen LogP contribution in [0.15, 0.2) is 41.5 Å². The molecule has 3 aliphatic carbocycles. The molecule has 3 fully saturated rings. The largest absolute Gasteiger partial charge is 0.461 e. The van der Waals surface area contributed by atoms with Crippen molar-refractivity contribution in [2.45, 2.75) is 96.9 Å². The predicted octanol–water partition coefficient (Wildman–Crippen LogP) is 2.93. The van der Waals surface area contributed by atoms with Gasteiger partial charge in [0.15, 0.2) is 5.60 Å². The zero-order valence-corrected chi connectivity index (χ0v) is 25.1. The number of fused-ring (bicyclic) bond motifs is 5. The molecule has 1 aromatic carbocycles. The van der Waals surface area contributed by atoms with E-state index in [1.807, 2.05) is 0 Å². The lowest BCUT2D eigenvalue weighted by molar-refractivity contribution is -0.345. The summed E-state index contributed by atoms with van der Waals surface area (Å²) in [6.07, 6.45) is -4.64. The molecule has 5 rings (SSSR count). The van der Waals surface area contributed by atoms with Crippen LogP contribution >= 0.6 is 0 Å². The van der Waals surface area contributed by atoms with Gasteiger partial charge in [0, 0.05) is 38.0 Å². The number of aliphatic hydroxyl groups excluding tert-OH is 1. The van der Waals surface area contributed by atoms with Crippen LogP contribution in [0.25, 0.3) is 0 Å². The number of Topliss-reactive ketones (excluding diaryl/α,β-unsaturated/α-hetero) is 1. The Labute approximate surface area is 245 Å². The lowest BCUT2D eigenvalue weighted by Crippen LogP contribution is -2.81. The lowest BCUT2D eigenvalue weighted by Gasteiger charge is -2.67. The van der Waals surface area contributed by atoms with Crippen LogP contribution in [0, 0.1) is 22.7 Å². The first-order valence-corrected chi connectivity index (χ1v) is 14.4. The third-order valence-corrected chi connectivity index (χ3v) is 10.5. The zero-order chi connectivity index (χ0) is 31.0. The second-order valence-corrected chi connectivity index (χ2v) is 13.1. The van der Waals surface area contributed by atoms with E-state index in [-0.39, 0.29) is 30.8 Å². The van der Waals surface area contributed by atoms with Gasteiger partial charge in [-0.2, -0.15) is 0 Å². The van der Waals surface area contributed by atoms with E-state index in [1.165, 1.54) is 13.8 Å². The number of hydrogen-bond donors (Lipinski definition) is 2. The van der Waals surface area contributed by atoms with Crippen molar-refractivity contribution in [2.24, 2.45) is 22.7 Å². The Morgan fingerprint density at radius 1 is 1.02 bits per heavy atom. The summed E-state index contributed by atoms with van der Waals surface area (Å²) < 4.78 is 24.0. The first-order valence-electron chi connectivity index (χ1n) is 14.4. The third kappa shape index (κ3) is 4.09. The molecule has 0 radical (unpaired) electrons. The van der Waals surface area contributed by atoms with E-state index in [9.17, 15) is 29.4 Å². The maximum absolute atomic E-state index is 14.9. The van der Waals surface area contributed by atoms with E-state index in [0.29, 0.717) is 11.1 Å². The minimum atomic E-state index is -1.95. The molecule has 228 valence electrons. The van der Waals surface area contributed by atoms with Gasteiger partial charge in [-0.15, -0.1) is 0 Å². The average Bonchev–Trinajstić information content (AvgIpc) is 2.90. The van der Waals surface area contributed by atoms with Gasteiger partial charge in [0.05, 0.1) is 29.6 Å². The van der Waals surface area contributed by atoms with E-state index < -0.39 is 76.2 Å². The van der Waals surface area contributed by atoms with Gasteiger partial charge in [0.25, 0.3) is 0 Å². The average molecular weight is 585 g/mol. The molecule has 10 heteroatoms. The summed E-state index contributed by atoms with van der Waals surface area (Å²) in [4.78, 5) is 53.7. The quantitative estimate of drug-likeness (QED) is 0.308. The molecule has 0 spiro atoms. The highest BCUT2D eigenvalue weighted by molar-refractivity contribution is 5.92. The number of ether oxygens (including phenoxy) is 4. The summed E-state index contributed by atoms with van der Waals surface area (Å²) in [5, 5.41) is 24.2. The zero-order valence-electron chi connectivity index (χ0n) is 25.1. The predicted molar refractivity (Wildman–Crippen MR) is 148 cm³/mol. The summed E-state index contributed by atoms with van der Waals surface area (Å²) in [5.41, 5.74) is -4.91. The Morgan fingerprint density at radius 2 is 1.67 bits per heavy atom. The lowest BCUT2D eigenvalue weighted by atomic mass is 9.43. The highest BCUT2D eigenvalue weighted by Gasteiger charge is 2.78. The number of aliphatic hydroxyl groups is 2. The number of benzene rings is 1. The molecule has 2 bridgehead atoms. The van der Waals surface area contributed by atoms with Crippen molar-refractivity contribution >= 4 is 23.7 Å². The highest BCUT2D eigenvalue weighted by atomic mass is 16.6. The molecule has 2 unspecified atom stereocenters. The molecule has 0 amide bonds. The molecule has 9 atom stereocenters. The van der Waals surface area contributed by atoms with Crippen molar-refractivity contribution in [1.82, 2.24) is 0 Å². The fourth-order valence-corrected chi connectivity index (χ4v) is 8.51. The SMILES string of the molecule is CC(=O)O[C@H]1C[C@H]2OC[C@@]2(OC(C)=O)C2C(OC(=O)c3ccccc3)[C@]3(O)C[C@H](O)C(C)=C([C@@H](C)C(=O)[C@@]21C)C3(C)C. The minimum Gasteiger partial charge on any atom is -0.461 e. The molecule has 1 aromatic rings. The van der Waals surface area contributed by atoms with E-state index in [2.05, 4.69) is 0 Å². The van der Waals surface area contributed by atoms with Crippen LogP contribution in [0.3, 0.4) is 0 Å². The van der Waals surface area contributed by atoms with Gasteiger partial charge in [-0.3, -0.25) is 14.4 Å². The summed E-state index contributed by atoms with van der Waals surface area (Å²) >= 11 is 0. The van der Waals surface area contributed by atoms with E-state index in [0.717, 1.165) is 0 Å². The van der Waals surface area contributed by atoms with Crippen LogP contribution in [-0.4, -0.2) is 76.1 Å². The van der Waals surface area contributed by atoms with Gasteiger partial charge in [-0.25, -0.2) is 4.79 Å². The van der Waals surface area contributed by atoms with Crippen molar-refractivity contribution in [3.63, 3.8) is 0 Å². The first kappa shape index (κ1) is 30.4. The maximum atomic E-state index is 14.9. The smallest absolute Gasteiger partial charge is 0.338 e. The number of carbonyl (C=O) groups is 4. The van der Waals surface area contributed by atoms with Crippen LogP contribution < -0.4 is 0 Å². The van der Waals surface area contributed by atoms with Gasteiger partial charge in [-0.05, 0) is 37.1 Å². The summed E-state index contributed by atoms with van der Waals surface area (Å²) in [5.74, 6) is -4.40. The van der Waals surface area contributed by atoms with Gasteiger partial charge in [0.2, 0.25) is 0 Å². The van der Waals surface area contributed by atoms with Crippen molar-refractivity contribution < 1.29 is 48.3 Å². The normalized spacial score (nSPS) is 40.4. The van der Waals surface area contributed by atoms with Crippen LogP contribution in [-0.2, 0) is 33.3 Å². The second-order valence-electron chi connectivity index (χ2n) is 13.1. The highest BCUT2D eigenvalue weighted by Crippen LogP contribution is 2.65. The fourth-order valence-electron chi connectivity index (χ4n) is 8.51. The Bertz CT molecular complexity index is 1350. The monoisotopic (exact) mass is 584 g/mol. The number of hydrogen-bond acceptors (Lipinski definition) is 10. The van der Waals surface area contributed by atoms with Crippen molar-refractivity contribution in [3.05, 3.63) is 47.0 Å². The molecule has 4 aliphatic rings. The number of rotatable bonds is 4. The van der Waals surface area contributed by atoms with Crippen molar-refractivity contribution in [1.29, 1.82) is 0 Å². The van der Waals surface area contributed by atoms with Gasteiger partial charge in [0.1, 0.15) is 29.7 Å². The van der Waals surface area contributed by atoms with Crippen LogP contribution in [0.2, 0.25) is 0 Å². The molecule has 1 saturated heterocycles. The maximum Gasteiger partial charge on any atom is 0.338 e. The molecule has 2 N–H and O–H groups in total. The number of esters is 3. The summed E-state index contributed by atoms with van der Waals surface area (Å²) in [6, 6.07) is 8.22. The van der Waals surface area contributed by atoms with Gasteiger partial charge < -0.3 is 29.2 Å². The molecule has 0 aromatic heterocycles. The molecule has 1 heterocycles. The Hall–Kier alpha value is -3.08. The number of carbonyl (C=O) groups excluding carboxylic acids is 4. The molecule has 1 aliphatic heterocycles. The topological polar surface area (TPSA) is 146 Å². The van der Waals surface area contributed by atoms with Crippen LogP contribution in [0.1, 0.15) is 71.7 Å². The van der Waals surface area contributed by atoms with E-state index in [4.69, 9.17) is 18.9 Å². The number of ketones is 1. The Balaban J connectivity index is 1.84. The third-order valence-electron chi connectivity index (χ3n) is 10.5. The van der Waals surface area contributed by atoms with Gasteiger partial charge >= 0.3 is 17.9 Å². The molecule has 10 nitrogen and oxygen atoms in total. The molecule has 42 heavy (non-hydrogen) atoms. The van der Waals surface area contributed by atoms with E-state index >= 15 is 0 Å². The Kier molecular flexibility index (Phi) is 7.23. The van der Waals surface area contributed by atoms with Crippen molar-refractivity contribution in [2.75, 3.05) is 6.61 Å².